The van der Waals surface area contributed by atoms with Gasteiger partial charge in [0.25, 0.3) is 0 Å². The van der Waals surface area contributed by atoms with Gasteiger partial charge in [-0.3, -0.25) is 4.79 Å². The minimum Gasteiger partial charge on any atom is -0.391 e. The van der Waals surface area contributed by atoms with Crippen LogP contribution in [0.15, 0.2) is 0 Å². The molecule has 86 valence electrons. The zero-order chi connectivity index (χ0) is 10.9. The zero-order valence-corrected chi connectivity index (χ0v) is 9.11. The highest BCUT2D eigenvalue weighted by Gasteiger charge is 2.39. The van der Waals surface area contributed by atoms with Crippen molar-refractivity contribution in [2.75, 3.05) is 19.6 Å². The van der Waals surface area contributed by atoms with E-state index in [1.807, 2.05) is 0 Å². The van der Waals surface area contributed by atoms with Crippen molar-refractivity contribution in [3.05, 3.63) is 0 Å². The van der Waals surface area contributed by atoms with Crippen LogP contribution in [0.1, 0.15) is 32.1 Å². The first kappa shape index (κ1) is 10.9. The number of nitrogens with two attached hydrogens (primary N) is 1. The first-order valence-corrected chi connectivity index (χ1v) is 5.81. The highest BCUT2D eigenvalue weighted by atomic mass is 16.3. The molecule has 1 heterocycles. The van der Waals surface area contributed by atoms with E-state index in [1.54, 1.807) is 4.90 Å². The molecule has 1 atom stereocenters. The van der Waals surface area contributed by atoms with Crippen molar-refractivity contribution >= 4 is 5.91 Å². The molecule has 4 heteroatoms. The van der Waals surface area contributed by atoms with Crippen LogP contribution >= 0.6 is 0 Å². The van der Waals surface area contributed by atoms with Crippen LogP contribution in [-0.2, 0) is 4.79 Å². The fourth-order valence-electron chi connectivity index (χ4n) is 2.53. The molecule has 2 fully saturated rings. The lowest BCUT2D eigenvalue weighted by atomic mass is 9.66. The summed E-state index contributed by atoms with van der Waals surface area (Å²) in [6, 6.07) is 0. The summed E-state index contributed by atoms with van der Waals surface area (Å²) in [5, 5.41) is 9.36. The Bertz CT molecular complexity index is 245. The number of aliphatic hydroxyl groups is 1. The number of rotatable bonds is 3. The second kappa shape index (κ2) is 4.10. The Morgan fingerprint density at radius 1 is 1.53 bits per heavy atom. The predicted molar refractivity (Wildman–Crippen MR) is 57.2 cm³/mol. The predicted octanol–water partition coefficient (Wildman–Crippen LogP) is 0.0987. The third-order valence-corrected chi connectivity index (χ3v) is 3.89. The molecule has 0 bridgehead atoms. The van der Waals surface area contributed by atoms with Crippen molar-refractivity contribution in [2.24, 2.45) is 11.1 Å². The van der Waals surface area contributed by atoms with E-state index in [9.17, 15) is 9.90 Å². The summed E-state index contributed by atoms with van der Waals surface area (Å²) < 4.78 is 0. The molecule has 3 N–H and O–H groups in total. The third-order valence-electron chi connectivity index (χ3n) is 3.89. The van der Waals surface area contributed by atoms with Crippen molar-refractivity contribution in [3.63, 3.8) is 0 Å². The second-order valence-corrected chi connectivity index (χ2v) is 5.02. The quantitative estimate of drug-likeness (QED) is 0.697. The Kier molecular flexibility index (Phi) is 2.98. The lowest BCUT2D eigenvalue weighted by Crippen LogP contribution is -2.42. The van der Waals surface area contributed by atoms with Gasteiger partial charge in [-0.25, -0.2) is 0 Å². The van der Waals surface area contributed by atoms with Crippen molar-refractivity contribution in [2.45, 2.75) is 38.2 Å². The van der Waals surface area contributed by atoms with Gasteiger partial charge in [0.05, 0.1) is 6.10 Å². The molecular formula is C11H20N2O2. The number of β-amino-alcohol motifs (C(OH)–C–C–N with tert-alkyl or cyclic N) is 1. The number of hydrogen-bond acceptors (Lipinski definition) is 3. The lowest BCUT2D eigenvalue weighted by Gasteiger charge is -2.41. The van der Waals surface area contributed by atoms with E-state index < -0.39 is 0 Å². The second-order valence-electron chi connectivity index (χ2n) is 5.02. The van der Waals surface area contributed by atoms with Gasteiger partial charge in [0.1, 0.15) is 0 Å². The lowest BCUT2D eigenvalue weighted by molar-refractivity contribution is -0.134. The molecule has 0 aromatic carbocycles. The van der Waals surface area contributed by atoms with Crippen molar-refractivity contribution < 1.29 is 9.90 Å². The molecule has 15 heavy (non-hydrogen) atoms. The van der Waals surface area contributed by atoms with Crippen LogP contribution < -0.4 is 5.73 Å². The Morgan fingerprint density at radius 3 is 2.67 bits per heavy atom. The van der Waals surface area contributed by atoms with Gasteiger partial charge in [-0.15, -0.1) is 0 Å². The van der Waals surface area contributed by atoms with Crippen molar-refractivity contribution in [1.82, 2.24) is 4.90 Å². The van der Waals surface area contributed by atoms with E-state index in [-0.39, 0.29) is 17.4 Å². The van der Waals surface area contributed by atoms with E-state index in [1.165, 1.54) is 6.42 Å². The maximum absolute atomic E-state index is 11.9. The number of amides is 1. The molecule has 0 spiro atoms. The van der Waals surface area contributed by atoms with E-state index in [0.717, 1.165) is 19.3 Å². The topological polar surface area (TPSA) is 66.6 Å². The van der Waals surface area contributed by atoms with Crippen LogP contribution in [0.4, 0.5) is 0 Å². The number of nitrogens with zero attached hydrogens (tertiary/aromatic N) is 1. The minimum absolute atomic E-state index is 0.0879. The van der Waals surface area contributed by atoms with Crippen LogP contribution in [0.3, 0.4) is 0 Å². The molecule has 0 aromatic rings. The average Bonchev–Trinajstić information content (AvgIpc) is 2.58. The van der Waals surface area contributed by atoms with E-state index >= 15 is 0 Å². The number of hydrogen-bond donors (Lipinski definition) is 2. The van der Waals surface area contributed by atoms with E-state index in [2.05, 4.69) is 0 Å². The molecule has 1 aliphatic heterocycles. The van der Waals surface area contributed by atoms with Crippen LogP contribution in [0.25, 0.3) is 0 Å². The van der Waals surface area contributed by atoms with Gasteiger partial charge in [-0.05, 0) is 31.2 Å². The molecule has 0 unspecified atom stereocenters. The minimum atomic E-state index is -0.316. The maximum Gasteiger partial charge on any atom is 0.223 e. The standard InChI is InChI=1S/C11H20N2O2/c12-8-11(3-1-4-11)6-10(15)13-5-2-9(14)7-13/h9,14H,1-8,12H2/t9-/m1/s1. The first-order chi connectivity index (χ1) is 7.15. The highest BCUT2D eigenvalue weighted by Crippen LogP contribution is 2.43. The van der Waals surface area contributed by atoms with Crippen LogP contribution in [0.2, 0.25) is 0 Å². The summed E-state index contributed by atoms with van der Waals surface area (Å²) in [5.41, 5.74) is 5.81. The fourth-order valence-corrected chi connectivity index (χ4v) is 2.53. The molecule has 1 aliphatic carbocycles. The Morgan fingerprint density at radius 2 is 2.27 bits per heavy atom. The van der Waals surface area contributed by atoms with Crippen molar-refractivity contribution in [3.8, 4) is 0 Å². The molecule has 0 aromatic heterocycles. The number of likely N-dealkylation sites (tertiary alicyclic amines) is 1. The SMILES string of the molecule is NCC1(CC(=O)N2CC[C@@H](O)C2)CCC1. The van der Waals surface area contributed by atoms with Gasteiger partial charge in [0.15, 0.2) is 0 Å². The van der Waals surface area contributed by atoms with Gasteiger partial charge < -0.3 is 15.7 Å². The number of carbonyl (C=O) groups excluding carboxylic acids is 1. The normalized spacial score (nSPS) is 28.9. The largest absolute Gasteiger partial charge is 0.391 e. The molecule has 1 saturated carbocycles. The molecule has 1 amide bonds. The molecule has 4 nitrogen and oxygen atoms in total. The van der Waals surface area contributed by atoms with Gasteiger partial charge in [0, 0.05) is 19.5 Å². The number of carbonyl (C=O) groups is 1. The summed E-state index contributed by atoms with van der Waals surface area (Å²) >= 11 is 0. The average molecular weight is 212 g/mol. The molecule has 0 radical (unpaired) electrons. The van der Waals surface area contributed by atoms with Crippen molar-refractivity contribution in [1.29, 1.82) is 0 Å². The molecular weight excluding hydrogens is 192 g/mol. The van der Waals surface area contributed by atoms with Gasteiger partial charge in [-0.2, -0.15) is 0 Å². The van der Waals surface area contributed by atoms with Crippen LogP contribution in [0.5, 0.6) is 0 Å². The molecule has 2 aliphatic rings. The van der Waals surface area contributed by atoms with Gasteiger partial charge >= 0.3 is 0 Å². The Balaban J connectivity index is 1.86. The zero-order valence-electron chi connectivity index (χ0n) is 9.11. The third kappa shape index (κ3) is 2.16. The number of aliphatic hydroxyl groups excluding tert-OH is 1. The Hall–Kier alpha value is -0.610. The highest BCUT2D eigenvalue weighted by molar-refractivity contribution is 5.77. The summed E-state index contributed by atoms with van der Waals surface area (Å²) in [7, 11) is 0. The van der Waals surface area contributed by atoms with Crippen LogP contribution in [0, 0.1) is 5.41 Å². The molecule has 1 saturated heterocycles. The van der Waals surface area contributed by atoms with E-state index in [4.69, 9.17) is 5.73 Å². The van der Waals surface area contributed by atoms with Crippen LogP contribution in [-0.4, -0.2) is 41.7 Å². The van der Waals surface area contributed by atoms with E-state index in [0.29, 0.717) is 26.1 Å². The summed E-state index contributed by atoms with van der Waals surface area (Å²) in [6.45, 7) is 1.84. The molecule has 2 rings (SSSR count). The first-order valence-electron chi connectivity index (χ1n) is 5.81. The smallest absolute Gasteiger partial charge is 0.223 e. The monoisotopic (exact) mass is 212 g/mol. The Labute approximate surface area is 90.4 Å². The van der Waals surface area contributed by atoms with Gasteiger partial charge in [-0.1, -0.05) is 6.42 Å². The fraction of sp³-hybridized carbons (Fsp3) is 0.909. The van der Waals surface area contributed by atoms with Gasteiger partial charge in [0.2, 0.25) is 5.91 Å². The summed E-state index contributed by atoms with van der Waals surface area (Å²) in [5.74, 6) is 0.178. The summed E-state index contributed by atoms with van der Waals surface area (Å²) in [6.07, 6.45) is 4.37. The maximum atomic E-state index is 11.9. The summed E-state index contributed by atoms with van der Waals surface area (Å²) in [4.78, 5) is 13.7.